The molecule has 0 unspecified atom stereocenters. The Hall–Kier alpha value is -1.78. The van der Waals surface area contributed by atoms with E-state index in [0.717, 1.165) is 25.9 Å². The van der Waals surface area contributed by atoms with Gasteiger partial charge >= 0.3 is 5.97 Å². The highest BCUT2D eigenvalue weighted by molar-refractivity contribution is 5.89. The monoisotopic (exact) mass is 264 g/mol. The van der Waals surface area contributed by atoms with Crippen LogP contribution in [0.4, 0.5) is 0 Å². The first-order valence-corrected chi connectivity index (χ1v) is 6.75. The van der Waals surface area contributed by atoms with Gasteiger partial charge in [-0.25, -0.2) is 4.79 Å². The van der Waals surface area contributed by atoms with Crippen LogP contribution in [0.3, 0.4) is 0 Å². The van der Waals surface area contributed by atoms with Crippen LogP contribution in [0.15, 0.2) is 18.3 Å². The van der Waals surface area contributed by atoms with E-state index in [9.17, 15) is 9.59 Å². The van der Waals surface area contributed by atoms with Crippen molar-refractivity contribution in [3.8, 4) is 0 Å². The van der Waals surface area contributed by atoms with Crippen molar-refractivity contribution in [2.75, 3.05) is 19.7 Å². The van der Waals surface area contributed by atoms with Gasteiger partial charge in [0.25, 0.3) is 5.91 Å². The Labute approximate surface area is 113 Å². The van der Waals surface area contributed by atoms with Crippen LogP contribution < -0.4 is 0 Å². The summed E-state index contributed by atoms with van der Waals surface area (Å²) in [4.78, 5) is 25.5. The zero-order chi connectivity index (χ0) is 13.7. The van der Waals surface area contributed by atoms with E-state index in [1.807, 2.05) is 0 Å². The van der Waals surface area contributed by atoms with Crippen LogP contribution in [0.2, 0.25) is 0 Å². The second-order valence-corrected chi connectivity index (χ2v) is 4.88. The summed E-state index contributed by atoms with van der Waals surface area (Å²) in [6.45, 7) is 1.39. The molecule has 1 aromatic heterocycles. The number of amides is 1. The Morgan fingerprint density at radius 3 is 2.47 bits per heavy atom. The lowest BCUT2D eigenvalue weighted by molar-refractivity contribution is -0.134. The van der Waals surface area contributed by atoms with Crippen molar-refractivity contribution in [2.24, 2.45) is 7.05 Å². The van der Waals surface area contributed by atoms with Gasteiger partial charge < -0.3 is 14.2 Å². The number of hydrogen-bond acceptors (Lipinski definition) is 3. The zero-order valence-electron chi connectivity index (χ0n) is 11.3. The highest BCUT2D eigenvalue weighted by atomic mass is 16.5. The maximum absolute atomic E-state index is 12.0. The normalized spacial score (nSPS) is 15.9. The summed E-state index contributed by atoms with van der Waals surface area (Å²) in [5.41, 5.74) is 0.462. The van der Waals surface area contributed by atoms with E-state index in [-0.39, 0.29) is 12.5 Å². The van der Waals surface area contributed by atoms with Gasteiger partial charge in [0.2, 0.25) is 0 Å². The van der Waals surface area contributed by atoms with Crippen molar-refractivity contribution < 1.29 is 14.3 Å². The smallest absolute Gasteiger partial charge is 0.355 e. The summed E-state index contributed by atoms with van der Waals surface area (Å²) >= 11 is 0. The van der Waals surface area contributed by atoms with Gasteiger partial charge in [0.15, 0.2) is 6.61 Å². The van der Waals surface area contributed by atoms with Crippen LogP contribution in [0, 0.1) is 0 Å². The third-order valence-corrected chi connectivity index (χ3v) is 3.44. The molecule has 0 radical (unpaired) electrons. The minimum Gasteiger partial charge on any atom is -0.451 e. The number of likely N-dealkylation sites (tertiary alicyclic amines) is 1. The molecule has 1 aliphatic rings. The molecule has 0 saturated carbocycles. The summed E-state index contributed by atoms with van der Waals surface area (Å²) < 4.78 is 6.75. The van der Waals surface area contributed by atoms with Crippen LogP contribution in [0.25, 0.3) is 0 Å². The molecule has 1 amide bonds. The zero-order valence-corrected chi connectivity index (χ0v) is 11.3. The van der Waals surface area contributed by atoms with Crippen LogP contribution in [0.5, 0.6) is 0 Å². The Kier molecular flexibility index (Phi) is 4.60. The molecular formula is C14H20N2O3. The molecule has 0 bridgehead atoms. The molecule has 1 saturated heterocycles. The molecule has 104 valence electrons. The maximum Gasteiger partial charge on any atom is 0.355 e. The van der Waals surface area contributed by atoms with Gasteiger partial charge in [-0.05, 0) is 25.0 Å². The highest BCUT2D eigenvalue weighted by Gasteiger charge is 2.18. The first kappa shape index (κ1) is 13.6. The topological polar surface area (TPSA) is 51.5 Å². The molecule has 0 spiro atoms. The number of nitrogens with zero attached hydrogens (tertiary/aromatic N) is 2. The quantitative estimate of drug-likeness (QED) is 0.779. The third kappa shape index (κ3) is 3.59. The summed E-state index contributed by atoms with van der Waals surface area (Å²) in [6, 6.07) is 3.45. The standard InChI is InChI=1S/C14H20N2O3/c1-15-8-6-7-12(15)14(18)19-11-13(17)16-9-4-2-3-5-10-16/h6-8H,2-5,9-11H2,1H3. The Morgan fingerprint density at radius 2 is 1.89 bits per heavy atom. The van der Waals surface area contributed by atoms with E-state index < -0.39 is 5.97 Å². The lowest BCUT2D eigenvalue weighted by Crippen LogP contribution is -2.35. The predicted octanol–water partition coefficient (Wildman–Crippen LogP) is 1.58. The number of ether oxygens (including phenoxy) is 1. The van der Waals surface area contributed by atoms with Crippen LogP contribution in [0.1, 0.15) is 36.2 Å². The number of carbonyl (C=O) groups is 2. The fourth-order valence-electron chi connectivity index (χ4n) is 2.29. The number of aryl methyl sites for hydroxylation is 1. The summed E-state index contributed by atoms with van der Waals surface area (Å²) in [6.07, 6.45) is 6.20. The van der Waals surface area contributed by atoms with Gasteiger partial charge in [-0.1, -0.05) is 12.8 Å². The molecule has 19 heavy (non-hydrogen) atoms. The molecule has 2 heterocycles. The van der Waals surface area contributed by atoms with Crippen molar-refractivity contribution in [3.05, 3.63) is 24.0 Å². The van der Waals surface area contributed by atoms with E-state index in [4.69, 9.17) is 4.74 Å². The number of rotatable bonds is 3. The van der Waals surface area contributed by atoms with Crippen molar-refractivity contribution in [2.45, 2.75) is 25.7 Å². The Balaban J connectivity index is 1.83. The second-order valence-electron chi connectivity index (χ2n) is 4.88. The Bertz CT molecular complexity index is 445. The van der Waals surface area contributed by atoms with Gasteiger partial charge in [0.05, 0.1) is 0 Å². The molecule has 0 aromatic carbocycles. The summed E-state index contributed by atoms with van der Waals surface area (Å²) in [5.74, 6) is -0.542. The minimum absolute atomic E-state index is 0.0931. The number of esters is 1. The second kappa shape index (κ2) is 6.41. The lowest BCUT2D eigenvalue weighted by atomic mass is 10.2. The summed E-state index contributed by atoms with van der Waals surface area (Å²) in [5, 5.41) is 0. The molecule has 1 fully saturated rings. The van der Waals surface area contributed by atoms with Crippen LogP contribution >= 0.6 is 0 Å². The van der Waals surface area contributed by atoms with E-state index >= 15 is 0 Å². The fraction of sp³-hybridized carbons (Fsp3) is 0.571. The van der Waals surface area contributed by atoms with Gasteiger partial charge in [-0.3, -0.25) is 4.79 Å². The number of hydrogen-bond donors (Lipinski definition) is 0. The minimum atomic E-state index is -0.448. The van der Waals surface area contributed by atoms with E-state index in [1.165, 1.54) is 12.8 Å². The molecular weight excluding hydrogens is 244 g/mol. The largest absolute Gasteiger partial charge is 0.451 e. The fourth-order valence-corrected chi connectivity index (χ4v) is 2.29. The molecule has 2 rings (SSSR count). The SMILES string of the molecule is Cn1cccc1C(=O)OCC(=O)N1CCCCCC1. The maximum atomic E-state index is 12.0. The van der Waals surface area contributed by atoms with E-state index in [2.05, 4.69) is 0 Å². The first-order valence-electron chi connectivity index (χ1n) is 6.75. The molecule has 5 heteroatoms. The van der Waals surface area contributed by atoms with Crippen LogP contribution in [-0.4, -0.2) is 41.0 Å². The summed E-state index contributed by atoms with van der Waals surface area (Å²) in [7, 11) is 1.77. The third-order valence-electron chi connectivity index (χ3n) is 3.44. The van der Waals surface area contributed by atoms with Crippen molar-refractivity contribution in [3.63, 3.8) is 0 Å². The predicted molar refractivity (Wildman–Crippen MR) is 70.7 cm³/mol. The number of aromatic nitrogens is 1. The van der Waals surface area contributed by atoms with Gasteiger partial charge in [0, 0.05) is 26.3 Å². The number of carbonyl (C=O) groups excluding carboxylic acids is 2. The van der Waals surface area contributed by atoms with E-state index in [1.54, 1.807) is 34.8 Å². The van der Waals surface area contributed by atoms with Crippen molar-refractivity contribution >= 4 is 11.9 Å². The Morgan fingerprint density at radius 1 is 1.21 bits per heavy atom. The molecule has 1 aromatic rings. The first-order chi connectivity index (χ1) is 9.18. The average Bonchev–Trinajstić information content (AvgIpc) is 2.68. The van der Waals surface area contributed by atoms with Gasteiger partial charge in [0.1, 0.15) is 5.69 Å². The lowest BCUT2D eigenvalue weighted by Gasteiger charge is -2.19. The van der Waals surface area contributed by atoms with Crippen molar-refractivity contribution in [1.29, 1.82) is 0 Å². The highest BCUT2D eigenvalue weighted by Crippen LogP contribution is 2.10. The molecule has 1 aliphatic heterocycles. The van der Waals surface area contributed by atoms with Crippen molar-refractivity contribution in [1.82, 2.24) is 9.47 Å². The van der Waals surface area contributed by atoms with Crippen LogP contribution in [-0.2, 0) is 16.6 Å². The molecule has 0 aliphatic carbocycles. The molecule has 0 N–H and O–H groups in total. The van der Waals surface area contributed by atoms with E-state index in [0.29, 0.717) is 5.69 Å². The molecule has 0 atom stereocenters. The molecule has 5 nitrogen and oxygen atoms in total. The van der Waals surface area contributed by atoms with Gasteiger partial charge in [-0.2, -0.15) is 0 Å². The average molecular weight is 264 g/mol. The van der Waals surface area contributed by atoms with Gasteiger partial charge in [-0.15, -0.1) is 0 Å².